The highest BCUT2D eigenvalue weighted by Gasteiger charge is 2.17. The lowest BCUT2D eigenvalue weighted by molar-refractivity contribution is 0.475. The Morgan fingerprint density at radius 2 is 1.81 bits per heavy atom. The third-order valence-corrected chi connectivity index (χ3v) is 5.31. The van der Waals surface area contributed by atoms with Crippen LogP contribution in [0.2, 0.25) is 0 Å². The molecule has 0 aliphatic carbocycles. The molecule has 2 nitrogen and oxygen atoms in total. The van der Waals surface area contributed by atoms with Crippen LogP contribution in [0.25, 0.3) is 23.1 Å². The lowest BCUT2D eigenvalue weighted by Crippen LogP contribution is -2.04. The number of rotatable bonds is 6. The van der Waals surface area contributed by atoms with Crippen molar-refractivity contribution in [3.63, 3.8) is 0 Å². The van der Waals surface area contributed by atoms with Gasteiger partial charge in [-0.2, -0.15) is 0 Å². The van der Waals surface area contributed by atoms with E-state index in [1.54, 1.807) is 12.1 Å². The van der Waals surface area contributed by atoms with Crippen molar-refractivity contribution in [2.24, 2.45) is 0 Å². The van der Waals surface area contributed by atoms with Crippen LogP contribution < -0.4 is 0 Å². The van der Waals surface area contributed by atoms with Crippen molar-refractivity contribution in [3.05, 3.63) is 70.4 Å². The van der Waals surface area contributed by atoms with Gasteiger partial charge in [0.15, 0.2) is 0 Å². The molecule has 0 fully saturated rings. The van der Waals surface area contributed by atoms with Crippen LogP contribution in [0.4, 0.5) is 0 Å². The van der Waals surface area contributed by atoms with E-state index in [2.05, 4.69) is 45.9 Å². The minimum atomic E-state index is 0.280. The van der Waals surface area contributed by atoms with Crippen molar-refractivity contribution in [2.45, 2.75) is 52.9 Å². The highest BCUT2D eigenvalue weighted by molar-refractivity contribution is 5.88. The van der Waals surface area contributed by atoms with Gasteiger partial charge in [-0.25, -0.2) is 4.98 Å². The van der Waals surface area contributed by atoms with E-state index in [1.807, 2.05) is 24.3 Å². The highest BCUT2D eigenvalue weighted by Crippen LogP contribution is 2.34. The maximum absolute atomic E-state index is 9.64. The fraction of sp³-hybridized carbons (Fsp3) is 0.320. The summed E-state index contributed by atoms with van der Waals surface area (Å²) >= 11 is 0. The van der Waals surface area contributed by atoms with Crippen LogP contribution in [-0.4, -0.2) is 10.1 Å². The number of aryl methyl sites for hydroxylation is 2. The Balaban J connectivity index is 2.09. The largest absolute Gasteiger partial charge is 0.508 e. The molecule has 1 N–H and O–H groups in total. The summed E-state index contributed by atoms with van der Waals surface area (Å²) in [5.74, 6) is 0.832. The summed E-state index contributed by atoms with van der Waals surface area (Å²) in [6, 6.07) is 13.8. The van der Waals surface area contributed by atoms with Gasteiger partial charge in [-0.1, -0.05) is 50.6 Å². The second kappa shape index (κ2) is 8.39. The molecule has 140 valence electrons. The molecule has 1 heterocycles. The first kappa shape index (κ1) is 19.2. The van der Waals surface area contributed by atoms with E-state index in [1.165, 1.54) is 34.9 Å². The number of aromatic nitrogens is 1. The first-order valence-electron chi connectivity index (χ1n) is 9.91. The van der Waals surface area contributed by atoms with E-state index in [4.69, 9.17) is 4.98 Å². The van der Waals surface area contributed by atoms with Crippen molar-refractivity contribution >= 4 is 23.1 Å². The molecule has 2 aromatic carbocycles. The molecule has 0 saturated heterocycles. The fourth-order valence-corrected chi connectivity index (χ4v) is 3.98. The van der Waals surface area contributed by atoms with Crippen LogP contribution in [0.15, 0.2) is 42.5 Å². The minimum absolute atomic E-state index is 0.280. The van der Waals surface area contributed by atoms with E-state index in [0.717, 1.165) is 23.2 Å². The number of benzene rings is 2. The normalized spacial score (nSPS) is 12.7. The predicted molar refractivity (Wildman–Crippen MR) is 116 cm³/mol. The molecule has 1 unspecified atom stereocenters. The van der Waals surface area contributed by atoms with Gasteiger partial charge < -0.3 is 5.11 Å². The molecule has 0 saturated carbocycles. The Labute approximate surface area is 162 Å². The average molecular weight is 360 g/mol. The third-order valence-electron chi connectivity index (χ3n) is 5.31. The Hall–Kier alpha value is -2.61. The molecule has 0 bridgehead atoms. The van der Waals surface area contributed by atoms with Crippen LogP contribution in [0, 0.1) is 13.8 Å². The topological polar surface area (TPSA) is 33.1 Å². The lowest BCUT2D eigenvalue weighted by atomic mass is 9.86. The lowest BCUT2D eigenvalue weighted by Gasteiger charge is -2.20. The van der Waals surface area contributed by atoms with Crippen molar-refractivity contribution < 1.29 is 5.11 Å². The zero-order valence-corrected chi connectivity index (χ0v) is 16.8. The van der Waals surface area contributed by atoms with Gasteiger partial charge in [-0.05, 0) is 79.1 Å². The molecule has 27 heavy (non-hydrogen) atoms. The first-order valence-corrected chi connectivity index (χ1v) is 9.91. The quantitative estimate of drug-likeness (QED) is 0.513. The Bertz CT molecular complexity index is 971. The van der Waals surface area contributed by atoms with E-state index in [0.29, 0.717) is 5.92 Å². The van der Waals surface area contributed by atoms with Gasteiger partial charge in [0.2, 0.25) is 0 Å². The first-order chi connectivity index (χ1) is 13.0. The van der Waals surface area contributed by atoms with Gasteiger partial charge >= 0.3 is 0 Å². The molecule has 1 atom stereocenters. The van der Waals surface area contributed by atoms with Crippen molar-refractivity contribution in [1.29, 1.82) is 0 Å². The number of phenols is 1. The van der Waals surface area contributed by atoms with Crippen LogP contribution in [0.5, 0.6) is 5.75 Å². The highest BCUT2D eigenvalue weighted by atomic mass is 16.3. The molecular weight excluding hydrogens is 330 g/mol. The number of pyridine rings is 1. The summed E-state index contributed by atoms with van der Waals surface area (Å²) in [4.78, 5) is 5.04. The SMILES string of the molecule is CCCC(CC)c1c(C)cc(C)c2ccc(C=Cc3cccc(O)c3)nc12. The number of hydrogen-bond donors (Lipinski definition) is 1. The third kappa shape index (κ3) is 4.21. The molecule has 0 spiro atoms. The van der Waals surface area contributed by atoms with Gasteiger partial charge in [0.05, 0.1) is 11.2 Å². The minimum Gasteiger partial charge on any atom is -0.508 e. The van der Waals surface area contributed by atoms with Gasteiger partial charge in [-0.3, -0.25) is 0 Å². The predicted octanol–water partition coefficient (Wildman–Crippen LogP) is 7.02. The number of phenolic OH excluding ortho intramolecular Hbond substituents is 1. The molecule has 0 radical (unpaired) electrons. The molecule has 2 heteroatoms. The van der Waals surface area contributed by atoms with Crippen molar-refractivity contribution in [1.82, 2.24) is 4.98 Å². The standard InChI is InChI=1S/C25H29NO/c1-5-8-20(6-2)24-18(4)15-17(3)23-14-13-21(26-25(23)24)12-11-19-9-7-10-22(27)16-19/h7,9-16,20,27H,5-6,8H2,1-4H3. The van der Waals surface area contributed by atoms with Crippen LogP contribution in [0.3, 0.4) is 0 Å². The summed E-state index contributed by atoms with van der Waals surface area (Å²) in [5.41, 5.74) is 7.10. The Morgan fingerprint density at radius 3 is 2.52 bits per heavy atom. The van der Waals surface area contributed by atoms with Gasteiger partial charge in [0.25, 0.3) is 0 Å². The Kier molecular flexibility index (Phi) is 5.95. The second-order valence-corrected chi connectivity index (χ2v) is 7.38. The van der Waals surface area contributed by atoms with Crippen LogP contribution >= 0.6 is 0 Å². The molecular formula is C25H29NO. The second-order valence-electron chi connectivity index (χ2n) is 7.38. The molecule has 3 rings (SSSR count). The van der Waals surface area contributed by atoms with E-state index in [9.17, 15) is 5.11 Å². The Morgan fingerprint density at radius 1 is 1.00 bits per heavy atom. The van der Waals surface area contributed by atoms with Crippen molar-refractivity contribution in [2.75, 3.05) is 0 Å². The van der Waals surface area contributed by atoms with Crippen molar-refractivity contribution in [3.8, 4) is 5.75 Å². The van der Waals surface area contributed by atoms with E-state index >= 15 is 0 Å². The summed E-state index contributed by atoms with van der Waals surface area (Å²) in [6.07, 6.45) is 7.54. The number of aromatic hydroxyl groups is 1. The molecule has 0 aliphatic heterocycles. The van der Waals surface area contributed by atoms with Crippen LogP contribution in [-0.2, 0) is 0 Å². The molecule has 0 amide bonds. The van der Waals surface area contributed by atoms with E-state index in [-0.39, 0.29) is 5.75 Å². The van der Waals surface area contributed by atoms with Gasteiger partial charge in [0.1, 0.15) is 5.75 Å². The monoisotopic (exact) mass is 359 g/mol. The molecule has 1 aromatic heterocycles. The summed E-state index contributed by atoms with van der Waals surface area (Å²) < 4.78 is 0. The summed E-state index contributed by atoms with van der Waals surface area (Å²) in [5, 5.41) is 10.9. The summed E-state index contributed by atoms with van der Waals surface area (Å²) in [6.45, 7) is 8.92. The number of hydrogen-bond acceptors (Lipinski definition) is 2. The fourth-order valence-electron chi connectivity index (χ4n) is 3.98. The zero-order valence-electron chi connectivity index (χ0n) is 16.8. The maximum atomic E-state index is 9.64. The number of nitrogens with zero attached hydrogens (tertiary/aromatic N) is 1. The molecule has 0 aliphatic rings. The summed E-state index contributed by atoms with van der Waals surface area (Å²) in [7, 11) is 0. The van der Waals surface area contributed by atoms with Gasteiger partial charge in [-0.15, -0.1) is 0 Å². The molecule has 3 aromatic rings. The average Bonchev–Trinajstić information content (AvgIpc) is 2.65. The van der Waals surface area contributed by atoms with E-state index < -0.39 is 0 Å². The maximum Gasteiger partial charge on any atom is 0.116 e. The smallest absolute Gasteiger partial charge is 0.116 e. The zero-order chi connectivity index (χ0) is 19.4. The van der Waals surface area contributed by atoms with Crippen LogP contribution in [0.1, 0.15) is 67.0 Å². The van der Waals surface area contributed by atoms with Gasteiger partial charge in [0, 0.05) is 5.39 Å². The number of fused-ring (bicyclic) bond motifs is 1.